The molecule has 1 aromatic carbocycles. The molecule has 1 heterocycles. The van der Waals surface area contributed by atoms with Crippen LogP contribution in [0, 0.1) is 0 Å². The number of benzene rings is 1. The van der Waals surface area contributed by atoms with Crippen molar-refractivity contribution in [2.24, 2.45) is 5.73 Å². The molecule has 1 saturated heterocycles. The van der Waals surface area contributed by atoms with Gasteiger partial charge in [0.15, 0.2) is 0 Å². The summed E-state index contributed by atoms with van der Waals surface area (Å²) in [6, 6.07) is 8.52. The van der Waals surface area contributed by atoms with Crippen molar-refractivity contribution >= 4 is 46.7 Å². The summed E-state index contributed by atoms with van der Waals surface area (Å²) < 4.78 is 0.985. The Balaban J connectivity index is 0.00000288. The monoisotopic (exact) mass is 453 g/mol. The van der Waals surface area contributed by atoms with E-state index in [1.54, 1.807) is 6.92 Å². The normalized spacial score (nSPS) is 18.0. The smallest absolute Gasteiger partial charge is 0.246 e. The second-order valence-electron chi connectivity index (χ2n) is 6.99. The zero-order valence-electron chi connectivity index (χ0n) is 15.4. The maximum Gasteiger partial charge on any atom is 0.246 e. The van der Waals surface area contributed by atoms with Gasteiger partial charge in [-0.15, -0.1) is 24.8 Å². The van der Waals surface area contributed by atoms with Gasteiger partial charge in [0.2, 0.25) is 5.91 Å². The molecular formula is C18H30BrCl2N3O. The third-order valence-electron chi connectivity index (χ3n) is 4.99. The number of likely N-dealkylation sites (tertiary alicyclic amines) is 1. The minimum Gasteiger partial charge on any atom is -0.341 e. The summed E-state index contributed by atoms with van der Waals surface area (Å²) in [5.41, 5.74) is 6.25. The summed E-state index contributed by atoms with van der Waals surface area (Å²) in [7, 11) is 1.89. The van der Waals surface area contributed by atoms with Gasteiger partial charge in [0.25, 0.3) is 0 Å². The van der Waals surface area contributed by atoms with Crippen molar-refractivity contribution < 1.29 is 4.79 Å². The number of piperidine rings is 1. The Bertz CT molecular complexity index is 544. The van der Waals surface area contributed by atoms with E-state index < -0.39 is 5.54 Å². The van der Waals surface area contributed by atoms with Gasteiger partial charge in [0, 0.05) is 36.7 Å². The fourth-order valence-corrected chi connectivity index (χ4v) is 3.51. The van der Waals surface area contributed by atoms with Gasteiger partial charge in [-0.05, 0) is 51.3 Å². The van der Waals surface area contributed by atoms with Crippen LogP contribution in [0.15, 0.2) is 28.7 Å². The third-order valence-corrected chi connectivity index (χ3v) is 5.51. The maximum absolute atomic E-state index is 12.9. The standard InChI is InChI=1S/C18H28BrN3O.2ClH/c1-13(2)22-11-9-16(10-12-22)21(4)17(23)18(3,20)14-5-7-15(19)8-6-14;;/h5-8,13,16H,9-12,20H2,1-4H3;2*1H. The molecule has 0 radical (unpaired) electrons. The second kappa shape index (κ2) is 10.1. The highest BCUT2D eigenvalue weighted by Crippen LogP contribution is 2.25. The van der Waals surface area contributed by atoms with Gasteiger partial charge in [0.1, 0.15) is 5.54 Å². The van der Waals surface area contributed by atoms with Crippen LogP contribution in [0.25, 0.3) is 0 Å². The van der Waals surface area contributed by atoms with Crippen LogP contribution in [0.1, 0.15) is 39.2 Å². The fraction of sp³-hybridized carbons (Fsp3) is 0.611. The Labute approximate surface area is 172 Å². The molecule has 0 aliphatic carbocycles. The summed E-state index contributed by atoms with van der Waals surface area (Å²) in [4.78, 5) is 17.3. The lowest BCUT2D eigenvalue weighted by molar-refractivity contribution is -0.138. The first-order valence-electron chi connectivity index (χ1n) is 8.29. The number of nitrogens with two attached hydrogens (primary N) is 1. The average molecular weight is 455 g/mol. The van der Waals surface area contributed by atoms with E-state index in [1.165, 1.54) is 0 Å². The number of likely N-dealkylation sites (N-methyl/N-ethyl adjacent to an activating group) is 1. The molecule has 25 heavy (non-hydrogen) atoms. The summed E-state index contributed by atoms with van der Waals surface area (Å²) in [6.45, 7) is 8.33. The van der Waals surface area contributed by atoms with Gasteiger partial charge in [0.05, 0.1) is 0 Å². The van der Waals surface area contributed by atoms with E-state index in [-0.39, 0.29) is 36.8 Å². The maximum atomic E-state index is 12.9. The minimum atomic E-state index is -0.995. The highest BCUT2D eigenvalue weighted by atomic mass is 79.9. The molecule has 1 aliphatic heterocycles. The van der Waals surface area contributed by atoms with Gasteiger partial charge < -0.3 is 15.5 Å². The molecular weight excluding hydrogens is 425 g/mol. The zero-order valence-corrected chi connectivity index (χ0v) is 18.6. The SMILES string of the molecule is CC(C)N1CCC(N(C)C(=O)C(C)(N)c2ccc(Br)cc2)CC1.Cl.Cl. The Kier molecular flexibility index (Phi) is 9.99. The zero-order chi connectivity index (χ0) is 17.2. The molecule has 2 N–H and O–H groups in total. The summed E-state index contributed by atoms with van der Waals surface area (Å²) in [5, 5.41) is 0. The Morgan fingerprint density at radius 1 is 1.24 bits per heavy atom. The quantitative estimate of drug-likeness (QED) is 0.752. The van der Waals surface area contributed by atoms with E-state index in [9.17, 15) is 4.79 Å². The summed E-state index contributed by atoms with van der Waals surface area (Å²) in [6.07, 6.45) is 2.02. The second-order valence-corrected chi connectivity index (χ2v) is 7.90. The van der Waals surface area contributed by atoms with Crippen LogP contribution < -0.4 is 5.73 Å². The van der Waals surface area contributed by atoms with Crippen molar-refractivity contribution in [1.29, 1.82) is 0 Å². The minimum absolute atomic E-state index is 0. The molecule has 1 fully saturated rings. The molecule has 1 amide bonds. The van der Waals surface area contributed by atoms with Crippen LogP contribution in [0.2, 0.25) is 0 Å². The first-order chi connectivity index (χ1) is 10.7. The third kappa shape index (κ3) is 5.83. The number of carbonyl (C=O) groups excluding carboxylic acids is 1. The molecule has 1 unspecified atom stereocenters. The number of amides is 1. The van der Waals surface area contributed by atoms with E-state index in [1.807, 2.05) is 36.2 Å². The largest absolute Gasteiger partial charge is 0.341 e. The molecule has 7 heteroatoms. The van der Waals surface area contributed by atoms with Crippen LogP contribution >= 0.6 is 40.7 Å². The van der Waals surface area contributed by atoms with Crippen molar-refractivity contribution in [3.05, 3.63) is 34.3 Å². The number of halogens is 3. The van der Waals surface area contributed by atoms with Crippen molar-refractivity contribution in [3.8, 4) is 0 Å². The van der Waals surface area contributed by atoms with Crippen molar-refractivity contribution in [2.45, 2.75) is 51.2 Å². The number of hydrogen-bond acceptors (Lipinski definition) is 3. The molecule has 144 valence electrons. The van der Waals surface area contributed by atoms with E-state index in [2.05, 4.69) is 34.7 Å². The molecule has 4 nitrogen and oxygen atoms in total. The van der Waals surface area contributed by atoms with Crippen molar-refractivity contribution in [1.82, 2.24) is 9.80 Å². The van der Waals surface area contributed by atoms with Gasteiger partial charge in [-0.25, -0.2) is 0 Å². The van der Waals surface area contributed by atoms with Gasteiger partial charge in [-0.3, -0.25) is 4.79 Å². The topological polar surface area (TPSA) is 49.6 Å². The molecule has 0 saturated carbocycles. The summed E-state index contributed by atoms with van der Waals surface area (Å²) >= 11 is 3.42. The predicted octanol–water partition coefficient (Wildman–Crippen LogP) is 3.80. The molecule has 0 aromatic heterocycles. The summed E-state index contributed by atoms with van der Waals surface area (Å²) in [5.74, 6) is -0.0113. The van der Waals surface area contributed by atoms with Crippen LogP contribution in [0.5, 0.6) is 0 Å². The Morgan fingerprint density at radius 3 is 2.16 bits per heavy atom. The Hall–Kier alpha value is -0.330. The average Bonchev–Trinajstić information content (AvgIpc) is 2.54. The highest BCUT2D eigenvalue weighted by molar-refractivity contribution is 9.10. The Morgan fingerprint density at radius 2 is 1.72 bits per heavy atom. The fourth-order valence-electron chi connectivity index (χ4n) is 3.24. The van der Waals surface area contributed by atoms with Crippen LogP contribution in [0.4, 0.5) is 0 Å². The van der Waals surface area contributed by atoms with Crippen LogP contribution in [-0.4, -0.2) is 47.9 Å². The number of carbonyl (C=O) groups is 1. The van der Waals surface area contributed by atoms with E-state index in [0.29, 0.717) is 6.04 Å². The van der Waals surface area contributed by atoms with E-state index >= 15 is 0 Å². The van der Waals surface area contributed by atoms with Gasteiger partial charge in [-0.1, -0.05) is 28.1 Å². The number of nitrogens with zero attached hydrogens (tertiary/aromatic N) is 2. The molecule has 1 aliphatic rings. The highest BCUT2D eigenvalue weighted by Gasteiger charge is 2.36. The first kappa shape index (κ1) is 24.7. The van der Waals surface area contributed by atoms with Crippen molar-refractivity contribution in [3.63, 3.8) is 0 Å². The van der Waals surface area contributed by atoms with E-state index in [0.717, 1.165) is 36.0 Å². The number of hydrogen-bond donors (Lipinski definition) is 1. The molecule has 2 rings (SSSR count). The lowest BCUT2D eigenvalue weighted by Crippen LogP contribution is -2.55. The predicted molar refractivity (Wildman–Crippen MR) is 113 cm³/mol. The van der Waals surface area contributed by atoms with Crippen LogP contribution in [0.3, 0.4) is 0 Å². The lowest BCUT2D eigenvalue weighted by Gasteiger charge is -2.40. The van der Waals surface area contributed by atoms with Crippen LogP contribution in [-0.2, 0) is 10.3 Å². The number of rotatable bonds is 4. The molecule has 0 spiro atoms. The lowest BCUT2D eigenvalue weighted by atomic mass is 9.90. The van der Waals surface area contributed by atoms with E-state index in [4.69, 9.17) is 5.73 Å². The van der Waals surface area contributed by atoms with Crippen molar-refractivity contribution in [2.75, 3.05) is 20.1 Å². The molecule has 1 aromatic rings. The van der Waals surface area contributed by atoms with Gasteiger partial charge in [-0.2, -0.15) is 0 Å². The van der Waals surface area contributed by atoms with Gasteiger partial charge >= 0.3 is 0 Å². The molecule has 1 atom stereocenters. The molecule has 0 bridgehead atoms. The first-order valence-corrected chi connectivity index (χ1v) is 9.09.